The molecule has 1 aliphatic heterocycles. The second-order valence-corrected chi connectivity index (χ2v) is 7.16. The maximum atomic E-state index is 12.2. The fraction of sp³-hybridized carbons (Fsp3) is 0.348. The van der Waals surface area contributed by atoms with Crippen LogP contribution in [-0.2, 0) is 32.0 Å². The van der Waals surface area contributed by atoms with Crippen LogP contribution < -0.4 is 10.2 Å². The zero-order chi connectivity index (χ0) is 20.8. The Labute approximate surface area is 170 Å². The Morgan fingerprint density at radius 2 is 1.90 bits per heavy atom. The summed E-state index contributed by atoms with van der Waals surface area (Å²) in [7, 11) is 0. The summed E-state index contributed by atoms with van der Waals surface area (Å²) >= 11 is 0. The first kappa shape index (κ1) is 20.6. The Hall–Kier alpha value is -3.15. The molecule has 1 saturated heterocycles. The number of nitrogens with one attached hydrogen (secondary N) is 1. The topological polar surface area (TPSA) is 75.7 Å². The highest BCUT2D eigenvalue weighted by atomic mass is 16.5. The minimum atomic E-state index is -0.467. The summed E-state index contributed by atoms with van der Waals surface area (Å²) < 4.78 is 5.12. The van der Waals surface area contributed by atoms with Crippen LogP contribution in [0, 0.1) is 6.92 Å². The van der Waals surface area contributed by atoms with Crippen LogP contribution in [0.15, 0.2) is 42.5 Å². The number of carbonyl (C=O) groups excluding carboxylic acids is 3. The van der Waals surface area contributed by atoms with E-state index in [4.69, 9.17) is 4.74 Å². The van der Waals surface area contributed by atoms with Crippen LogP contribution in [0.1, 0.15) is 36.5 Å². The number of ether oxygens (including phenoxy) is 1. The van der Waals surface area contributed by atoms with Crippen molar-refractivity contribution in [2.24, 2.45) is 0 Å². The molecule has 1 fully saturated rings. The highest BCUT2D eigenvalue weighted by Gasteiger charge is 2.21. The number of carbonyl (C=O) groups is 3. The molecule has 2 aromatic carbocycles. The molecule has 2 amide bonds. The van der Waals surface area contributed by atoms with Gasteiger partial charge in [0.15, 0.2) is 6.61 Å². The van der Waals surface area contributed by atoms with Crippen LogP contribution in [0.2, 0.25) is 0 Å². The van der Waals surface area contributed by atoms with Crippen molar-refractivity contribution in [3.8, 4) is 0 Å². The van der Waals surface area contributed by atoms with Gasteiger partial charge in [-0.1, -0.05) is 37.3 Å². The van der Waals surface area contributed by atoms with E-state index in [0.29, 0.717) is 6.42 Å². The van der Waals surface area contributed by atoms with Gasteiger partial charge in [-0.05, 0) is 48.6 Å². The predicted molar refractivity (Wildman–Crippen MR) is 112 cm³/mol. The first-order valence-electron chi connectivity index (χ1n) is 9.91. The summed E-state index contributed by atoms with van der Waals surface area (Å²) in [6, 6.07) is 13.1. The van der Waals surface area contributed by atoms with Crippen molar-refractivity contribution in [1.29, 1.82) is 0 Å². The third kappa shape index (κ3) is 5.22. The standard InChI is InChI=1S/C23H26N2O4/c1-3-18-7-4-6-16(2)23(18)24-20(26)15-29-22(28)14-17-9-11-19(12-10-17)25-13-5-8-21(25)27/h4,6-7,9-12H,3,5,8,13-15H2,1-2H3,(H,24,26). The molecule has 6 heteroatoms. The van der Waals surface area contributed by atoms with Crippen LogP contribution in [0.5, 0.6) is 0 Å². The molecule has 1 aliphatic rings. The highest BCUT2D eigenvalue weighted by Crippen LogP contribution is 2.22. The summed E-state index contributed by atoms with van der Waals surface area (Å²) in [5, 5.41) is 2.84. The summed E-state index contributed by atoms with van der Waals surface area (Å²) in [6.07, 6.45) is 2.33. The van der Waals surface area contributed by atoms with Crippen molar-refractivity contribution < 1.29 is 19.1 Å². The van der Waals surface area contributed by atoms with Crippen molar-refractivity contribution in [2.45, 2.75) is 39.5 Å². The molecule has 0 radical (unpaired) electrons. The van der Waals surface area contributed by atoms with Crippen molar-refractivity contribution in [3.63, 3.8) is 0 Å². The summed E-state index contributed by atoms with van der Waals surface area (Å²) in [4.78, 5) is 37.8. The van der Waals surface area contributed by atoms with E-state index in [-0.39, 0.29) is 24.8 Å². The third-order valence-corrected chi connectivity index (χ3v) is 5.04. The lowest BCUT2D eigenvalue weighted by Crippen LogP contribution is -2.23. The Morgan fingerprint density at radius 3 is 2.55 bits per heavy atom. The number of esters is 1. The van der Waals surface area contributed by atoms with Gasteiger partial charge in [-0.3, -0.25) is 14.4 Å². The number of amides is 2. The lowest BCUT2D eigenvalue weighted by atomic mass is 10.1. The molecule has 6 nitrogen and oxygen atoms in total. The van der Waals surface area contributed by atoms with Crippen LogP contribution in [-0.4, -0.2) is 30.9 Å². The molecular formula is C23H26N2O4. The van der Waals surface area contributed by atoms with Gasteiger partial charge in [-0.15, -0.1) is 0 Å². The molecular weight excluding hydrogens is 368 g/mol. The predicted octanol–water partition coefficient (Wildman–Crippen LogP) is 3.41. The van der Waals surface area contributed by atoms with Crippen LogP contribution in [0.4, 0.5) is 11.4 Å². The molecule has 0 saturated carbocycles. The van der Waals surface area contributed by atoms with Gasteiger partial charge < -0.3 is 15.0 Å². The van der Waals surface area contributed by atoms with E-state index >= 15 is 0 Å². The van der Waals surface area contributed by atoms with Crippen molar-refractivity contribution in [3.05, 3.63) is 59.2 Å². The third-order valence-electron chi connectivity index (χ3n) is 5.04. The minimum Gasteiger partial charge on any atom is -0.455 e. The smallest absolute Gasteiger partial charge is 0.310 e. The molecule has 0 aromatic heterocycles. The monoisotopic (exact) mass is 394 g/mol. The van der Waals surface area contributed by atoms with E-state index in [2.05, 4.69) is 5.32 Å². The molecule has 29 heavy (non-hydrogen) atoms. The number of nitrogens with zero attached hydrogens (tertiary/aromatic N) is 1. The first-order chi connectivity index (χ1) is 14.0. The SMILES string of the molecule is CCc1cccc(C)c1NC(=O)COC(=O)Cc1ccc(N2CCCC2=O)cc1. The number of benzene rings is 2. The number of para-hydroxylation sites is 1. The van der Waals surface area contributed by atoms with E-state index in [1.165, 1.54) is 0 Å². The molecule has 1 heterocycles. The van der Waals surface area contributed by atoms with Gasteiger partial charge in [-0.25, -0.2) is 0 Å². The van der Waals surface area contributed by atoms with Gasteiger partial charge in [-0.2, -0.15) is 0 Å². The molecule has 1 N–H and O–H groups in total. The zero-order valence-electron chi connectivity index (χ0n) is 16.9. The molecule has 0 spiro atoms. The number of rotatable bonds is 7. The van der Waals surface area contributed by atoms with E-state index in [1.807, 2.05) is 56.3 Å². The van der Waals surface area contributed by atoms with Crippen molar-refractivity contribution in [1.82, 2.24) is 0 Å². The van der Waals surface area contributed by atoms with E-state index < -0.39 is 5.97 Å². The highest BCUT2D eigenvalue weighted by molar-refractivity contribution is 5.95. The molecule has 3 rings (SSSR count). The average molecular weight is 394 g/mol. The quantitative estimate of drug-likeness (QED) is 0.730. The molecule has 0 atom stereocenters. The van der Waals surface area contributed by atoms with Gasteiger partial charge in [0.2, 0.25) is 5.91 Å². The summed E-state index contributed by atoms with van der Waals surface area (Å²) in [5.41, 5.74) is 4.41. The van der Waals surface area contributed by atoms with Crippen LogP contribution in [0.25, 0.3) is 0 Å². The molecule has 2 aromatic rings. The minimum absolute atomic E-state index is 0.0755. The Balaban J connectivity index is 1.50. The first-order valence-corrected chi connectivity index (χ1v) is 9.91. The van der Waals surface area contributed by atoms with Crippen LogP contribution >= 0.6 is 0 Å². The number of aryl methyl sites for hydroxylation is 2. The molecule has 152 valence electrons. The maximum absolute atomic E-state index is 12.2. The van der Waals surface area contributed by atoms with Crippen LogP contribution in [0.3, 0.4) is 0 Å². The van der Waals surface area contributed by atoms with E-state index in [1.54, 1.807) is 4.90 Å². The Kier molecular flexibility index (Phi) is 6.65. The second kappa shape index (κ2) is 9.37. The molecule has 0 bridgehead atoms. The summed E-state index contributed by atoms with van der Waals surface area (Å²) in [5.74, 6) is -0.695. The Morgan fingerprint density at radius 1 is 1.14 bits per heavy atom. The maximum Gasteiger partial charge on any atom is 0.310 e. The van der Waals surface area contributed by atoms with Gasteiger partial charge >= 0.3 is 5.97 Å². The second-order valence-electron chi connectivity index (χ2n) is 7.16. The molecule has 0 unspecified atom stereocenters. The van der Waals surface area contributed by atoms with Gasteiger partial charge in [0.25, 0.3) is 5.91 Å². The average Bonchev–Trinajstić information content (AvgIpc) is 3.14. The number of anilines is 2. The lowest BCUT2D eigenvalue weighted by Gasteiger charge is -2.16. The Bertz CT molecular complexity index is 906. The fourth-order valence-electron chi connectivity index (χ4n) is 3.46. The van der Waals surface area contributed by atoms with Crippen molar-refractivity contribution >= 4 is 29.2 Å². The molecule has 0 aliphatic carbocycles. The van der Waals surface area contributed by atoms with E-state index in [9.17, 15) is 14.4 Å². The van der Waals surface area contributed by atoms with Gasteiger partial charge in [0.1, 0.15) is 0 Å². The fourth-order valence-corrected chi connectivity index (χ4v) is 3.46. The largest absolute Gasteiger partial charge is 0.455 e. The van der Waals surface area contributed by atoms with Crippen molar-refractivity contribution in [2.75, 3.05) is 23.4 Å². The van der Waals surface area contributed by atoms with E-state index in [0.717, 1.165) is 47.5 Å². The number of hydrogen-bond acceptors (Lipinski definition) is 4. The number of hydrogen-bond donors (Lipinski definition) is 1. The normalized spacial score (nSPS) is 13.4. The lowest BCUT2D eigenvalue weighted by molar-refractivity contribution is -0.146. The zero-order valence-corrected chi connectivity index (χ0v) is 16.9. The summed E-state index contributed by atoms with van der Waals surface area (Å²) in [6.45, 7) is 4.36. The van der Waals surface area contributed by atoms with Gasteiger partial charge in [0.05, 0.1) is 6.42 Å². The van der Waals surface area contributed by atoms with Gasteiger partial charge in [0, 0.05) is 24.3 Å².